The van der Waals surface area contributed by atoms with E-state index in [0.717, 1.165) is 5.56 Å². The van der Waals surface area contributed by atoms with Gasteiger partial charge in [-0.2, -0.15) is 5.26 Å². The normalized spacial score (nSPS) is 11.5. The SMILES string of the molecule is N#C[C@H](OC(=O)Cc1ccccc1)c1ccco1. The van der Waals surface area contributed by atoms with Crippen LogP contribution in [0.25, 0.3) is 0 Å². The van der Waals surface area contributed by atoms with Crippen molar-refractivity contribution in [2.45, 2.75) is 12.5 Å². The van der Waals surface area contributed by atoms with E-state index in [-0.39, 0.29) is 6.42 Å². The highest BCUT2D eigenvalue weighted by atomic mass is 16.6. The van der Waals surface area contributed by atoms with Crippen LogP contribution in [0.2, 0.25) is 0 Å². The molecule has 0 saturated heterocycles. The lowest BCUT2D eigenvalue weighted by Crippen LogP contribution is -2.11. The lowest BCUT2D eigenvalue weighted by atomic mass is 10.1. The Bertz CT molecular complexity index is 540. The smallest absolute Gasteiger partial charge is 0.312 e. The Morgan fingerprint density at radius 2 is 2.06 bits per heavy atom. The Balaban J connectivity index is 1.97. The van der Waals surface area contributed by atoms with Gasteiger partial charge < -0.3 is 9.15 Å². The maximum atomic E-state index is 11.7. The molecule has 4 heteroatoms. The Morgan fingerprint density at radius 3 is 2.67 bits per heavy atom. The van der Waals surface area contributed by atoms with Crippen molar-refractivity contribution in [3.63, 3.8) is 0 Å². The number of rotatable bonds is 4. The summed E-state index contributed by atoms with van der Waals surface area (Å²) >= 11 is 0. The zero-order chi connectivity index (χ0) is 12.8. The largest absolute Gasteiger partial charge is 0.464 e. The number of nitriles is 1. The van der Waals surface area contributed by atoms with Crippen molar-refractivity contribution in [3.8, 4) is 6.07 Å². The highest BCUT2D eigenvalue weighted by Crippen LogP contribution is 2.17. The molecule has 0 N–H and O–H groups in total. The molecule has 0 saturated carbocycles. The fraction of sp³-hybridized carbons (Fsp3) is 0.143. The lowest BCUT2D eigenvalue weighted by molar-refractivity contribution is -0.146. The van der Waals surface area contributed by atoms with Crippen molar-refractivity contribution in [2.75, 3.05) is 0 Å². The third kappa shape index (κ3) is 2.98. The standard InChI is InChI=1S/C14H11NO3/c15-10-13(12-7-4-8-17-12)18-14(16)9-11-5-2-1-3-6-11/h1-8,13H,9H2/t13-/m0/s1. The van der Waals surface area contributed by atoms with Crippen LogP contribution in [-0.2, 0) is 16.0 Å². The Morgan fingerprint density at radius 1 is 1.28 bits per heavy atom. The molecular weight excluding hydrogens is 230 g/mol. The third-order valence-corrected chi connectivity index (χ3v) is 2.36. The molecule has 0 aliphatic heterocycles. The second kappa shape index (κ2) is 5.69. The second-order valence-corrected chi connectivity index (χ2v) is 3.68. The van der Waals surface area contributed by atoms with E-state index in [1.807, 2.05) is 36.4 Å². The lowest BCUT2D eigenvalue weighted by Gasteiger charge is -2.08. The number of furan rings is 1. The molecule has 0 aliphatic rings. The first-order valence-electron chi connectivity index (χ1n) is 5.46. The molecule has 1 atom stereocenters. The summed E-state index contributed by atoms with van der Waals surface area (Å²) in [6.45, 7) is 0. The summed E-state index contributed by atoms with van der Waals surface area (Å²) < 4.78 is 10.1. The molecule has 2 rings (SSSR count). The van der Waals surface area contributed by atoms with Gasteiger partial charge in [-0.05, 0) is 17.7 Å². The predicted molar refractivity (Wildman–Crippen MR) is 63.3 cm³/mol. The molecule has 2 aromatic rings. The number of carbonyl (C=O) groups excluding carboxylic acids is 1. The fourth-order valence-electron chi connectivity index (χ4n) is 1.52. The van der Waals surface area contributed by atoms with Gasteiger partial charge in [-0.1, -0.05) is 30.3 Å². The summed E-state index contributed by atoms with van der Waals surface area (Å²) in [6.07, 6.45) is 0.584. The molecule has 1 heterocycles. The maximum Gasteiger partial charge on any atom is 0.312 e. The Labute approximate surface area is 104 Å². The molecule has 0 fully saturated rings. The molecule has 0 bridgehead atoms. The van der Waals surface area contributed by atoms with Crippen molar-refractivity contribution in [1.29, 1.82) is 5.26 Å². The monoisotopic (exact) mass is 241 g/mol. The number of nitrogens with zero attached hydrogens (tertiary/aromatic N) is 1. The van der Waals surface area contributed by atoms with Crippen LogP contribution in [0.1, 0.15) is 17.4 Å². The van der Waals surface area contributed by atoms with Crippen LogP contribution >= 0.6 is 0 Å². The minimum absolute atomic E-state index is 0.139. The number of esters is 1. The molecule has 1 aromatic carbocycles. The van der Waals surface area contributed by atoms with Gasteiger partial charge in [-0.3, -0.25) is 4.79 Å². The van der Waals surface area contributed by atoms with Gasteiger partial charge in [0.05, 0.1) is 12.7 Å². The van der Waals surface area contributed by atoms with Gasteiger partial charge in [-0.15, -0.1) is 0 Å². The number of hydrogen-bond acceptors (Lipinski definition) is 4. The van der Waals surface area contributed by atoms with Gasteiger partial charge in [0.15, 0.2) is 5.76 Å². The molecule has 4 nitrogen and oxygen atoms in total. The molecule has 0 radical (unpaired) electrons. The van der Waals surface area contributed by atoms with Crippen molar-refractivity contribution >= 4 is 5.97 Å². The van der Waals surface area contributed by atoms with Crippen LogP contribution < -0.4 is 0 Å². The first kappa shape index (κ1) is 11.9. The van der Waals surface area contributed by atoms with E-state index in [0.29, 0.717) is 5.76 Å². The van der Waals surface area contributed by atoms with Gasteiger partial charge in [-0.25, -0.2) is 0 Å². The van der Waals surface area contributed by atoms with Gasteiger partial charge in [0.2, 0.25) is 6.10 Å². The van der Waals surface area contributed by atoms with Crippen LogP contribution in [0.5, 0.6) is 0 Å². The highest BCUT2D eigenvalue weighted by Gasteiger charge is 2.18. The summed E-state index contributed by atoms with van der Waals surface area (Å²) in [5.74, 6) is -0.122. The number of ether oxygens (including phenoxy) is 1. The number of carbonyl (C=O) groups is 1. The topological polar surface area (TPSA) is 63.2 Å². The van der Waals surface area contributed by atoms with Crippen molar-refractivity contribution < 1.29 is 13.9 Å². The van der Waals surface area contributed by atoms with Gasteiger partial charge >= 0.3 is 5.97 Å². The van der Waals surface area contributed by atoms with E-state index in [9.17, 15) is 4.79 Å². The van der Waals surface area contributed by atoms with E-state index in [1.54, 1.807) is 12.1 Å². The van der Waals surface area contributed by atoms with E-state index in [2.05, 4.69) is 0 Å². The minimum Gasteiger partial charge on any atom is -0.464 e. The first-order valence-corrected chi connectivity index (χ1v) is 5.46. The molecule has 0 aliphatic carbocycles. The summed E-state index contributed by atoms with van der Waals surface area (Å²) in [4.78, 5) is 11.7. The van der Waals surface area contributed by atoms with Crippen molar-refractivity contribution in [3.05, 3.63) is 60.1 Å². The zero-order valence-corrected chi connectivity index (χ0v) is 9.58. The molecule has 18 heavy (non-hydrogen) atoms. The van der Waals surface area contributed by atoms with Gasteiger partial charge in [0.1, 0.15) is 6.07 Å². The maximum absolute atomic E-state index is 11.7. The van der Waals surface area contributed by atoms with Crippen LogP contribution in [0.15, 0.2) is 53.1 Å². The summed E-state index contributed by atoms with van der Waals surface area (Å²) in [6, 6.07) is 14.3. The van der Waals surface area contributed by atoms with E-state index >= 15 is 0 Å². The zero-order valence-electron chi connectivity index (χ0n) is 9.58. The molecule has 0 unspecified atom stereocenters. The third-order valence-electron chi connectivity index (χ3n) is 2.36. The quantitative estimate of drug-likeness (QED) is 0.772. The first-order chi connectivity index (χ1) is 8.79. The summed E-state index contributed by atoms with van der Waals surface area (Å²) in [5, 5.41) is 8.93. The van der Waals surface area contributed by atoms with E-state index < -0.39 is 12.1 Å². The Hall–Kier alpha value is -2.54. The minimum atomic E-state index is -0.990. The van der Waals surface area contributed by atoms with Crippen molar-refractivity contribution in [1.82, 2.24) is 0 Å². The van der Waals surface area contributed by atoms with Gasteiger partial charge in [0.25, 0.3) is 0 Å². The molecular formula is C14H11NO3. The molecule has 1 aromatic heterocycles. The fourth-order valence-corrected chi connectivity index (χ4v) is 1.52. The van der Waals surface area contributed by atoms with Crippen LogP contribution in [0, 0.1) is 11.3 Å². The molecule has 90 valence electrons. The predicted octanol–water partition coefficient (Wildman–Crippen LogP) is 2.63. The Kier molecular flexibility index (Phi) is 3.77. The van der Waals surface area contributed by atoms with Crippen LogP contribution in [-0.4, -0.2) is 5.97 Å². The second-order valence-electron chi connectivity index (χ2n) is 3.68. The van der Waals surface area contributed by atoms with Crippen LogP contribution in [0.4, 0.5) is 0 Å². The molecule has 0 amide bonds. The molecule has 0 spiro atoms. The van der Waals surface area contributed by atoms with Crippen LogP contribution in [0.3, 0.4) is 0 Å². The average molecular weight is 241 g/mol. The average Bonchev–Trinajstić information content (AvgIpc) is 2.91. The van der Waals surface area contributed by atoms with Gasteiger partial charge in [0, 0.05) is 0 Å². The summed E-state index contributed by atoms with van der Waals surface area (Å²) in [7, 11) is 0. The van der Waals surface area contributed by atoms with Crippen molar-refractivity contribution in [2.24, 2.45) is 0 Å². The highest BCUT2D eigenvalue weighted by molar-refractivity contribution is 5.73. The summed E-state index contributed by atoms with van der Waals surface area (Å²) in [5.41, 5.74) is 0.846. The van der Waals surface area contributed by atoms with E-state index in [4.69, 9.17) is 14.4 Å². The number of benzene rings is 1. The number of hydrogen-bond donors (Lipinski definition) is 0. The van der Waals surface area contributed by atoms with E-state index in [1.165, 1.54) is 6.26 Å².